The van der Waals surface area contributed by atoms with Gasteiger partial charge >= 0.3 is 0 Å². The van der Waals surface area contributed by atoms with Crippen molar-refractivity contribution < 1.29 is 14.3 Å². The summed E-state index contributed by atoms with van der Waals surface area (Å²) in [7, 11) is 0. The number of unbranched alkanes of at least 4 members (excludes halogenated alkanes) is 1. The lowest BCUT2D eigenvalue weighted by atomic mass is 10.1. The summed E-state index contributed by atoms with van der Waals surface area (Å²) in [4.78, 5) is 27.1. The molecule has 0 bridgehead atoms. The van der Waals surface area contributed by atoms with Gasteiger partial charge in [0.15, 0.2) is 6.61 Å². The molecule has 0 heterocycles. The Balaban J connectivity index is 2.18. The number of ether oxygens (including phenoxy) is 1. The zero-order chi connectivity index (χ0) is 23.0. The van der Waals surface area contributed by atoms with E-state index in [1.54, 1.807) is 43.3 Å². The van der Waals surface area contributed by atoms with Gasteiger partial charge in [0, 0.05) is 27.6 Å². The first-order valence-electron chi connectivity index (χ1n) is 9.81. The minimum atomic E-state index is -0.722. The molecular formula is C22H24BrCl3N2O3. The molecule has 2 rings (SSSR count). The topological polar surface area (TPSA) is 58.6 Å². The molecular weight excluding hydrogens is 527 g/mol. The highest BCUT2D eigenvalue weighted by Crippen LogP contribution is 2.28. The van der Waals surface area contributed by atoms with E-state index in [9.17, 15) is 9.59 Å². The maximum atomic E-state index is 13.1. The van der Waals surface area contributed by atoms with Crippen LogP contribution in [0.5, 0.6) is 5.75 Å². The smallest absolute Gasteiger partial charge is 0.261 e. The number of nitrogens with zero attached hydrogens (tertiary/aromatic N) is 1. The first-order chi connectivity index (χ1) is 14.7. The molecule has 1 atom stereocenters. The lowest BCUT2D eigenvalue weighted by Crippen LogP contribution is -2.49. The van der Waals surface area contributed by atoms with Crippen LogP contribution in [0, 0.1) is 0 Å². The molecule has 2 aromatic carbocycles. The van der Waals surface area contributed by atoms with Gasteiger partial charge in [-0.25, -0.2) is 0 Å². The van der Waals surface area contributed by atoms with Crippen LogP contribution in [0.25, 0.3) is 0 Å². The summed E-state index contributed by atoms with van der Waals surface area (Å²) in [6.45, 7) is 4.12. The van der Waals surface area contributed by atoms with Gasteiger partial charge in [-0.05, 0) is 49.2 Å². The summed E-state index contributed by atoms with van der Waals surface area (Å²) in [6.07, 6.45) is 1.82. The summed E-state index contributed by atoms with van der Waals surface area (Å²) in [5.41, 5.74) is 0.675. The van der Waals surface area contributed by atoms with E-state index in [1.165, 1.54) is 4.90 Å². The Bertz CT molecular complexity index is 927. The minimum absolute atomic E-state index is 0.134. The SMILES string of the molecule is CCCCNC(=O)[C@@H](C)N(Cc1ccc(Cl)cc1Cl)C(=O)COc1ccc(Br)cc1Cl. The first kappa shape index (κ1) is 25.8. The molecule has 0 aliphatic rings. The average Bonchev–Trinajstić information content (AvgIpc) is 2.72. The fraction of sp³-hybridized carbons (Fsp3) is 0.364. The lowest BCUT2D eigenvalue weighted by molar-refractivity contribution is -0.142. The zero-order valence-electron chi connectivity index (χ0n) is 17.3. The molecule has 0 saturated carbocycles. The van der Waals surface area contributed by atoms with Crippen LogP contribution in [0.4, 0.5) is 0 Å². The van der Waals surface area contributed by atoms with Gasteiger partial charge in [0.2, 0.25) is 5.91 Å². The number of benzene rings is 2. The normalized spacial score (nSPS) is 11.7. The van der Waals surface area contributed by atoms with Crippen molar-refractivity contribution in [1.82, 2.24) is 10.2 Å². The average molecular weight is 551 g/mol. The number of carbonyl (C=O) groups excluding carboxylic acids is 2. The van der Waals surface area contributed by atoms with Crippen LogP contribution >= 0.6 is 50.7 Å². The van der Waals surface area contributed by atoms with Crippen LogP contribution in [0.3, 0.4) is 0 Å². The highest BCUT2D eigenvalue weighted by molar-refractivity contribution is 9.10. The summed E-state index contributed by atoms with van der Waals surface area (Å²) >= 11 is 21.8. The highest BCUT2D eigenvalue weighted by Gasteiger charge is 2.27. The van der Waals surface area contributed by atoms with Gasteiger partial charge in [-0.2, -0.15) is 0 Å². The van der Waals surface area contributed by atoms with Crippen LogP contribution in [0.15, 0.2) is 40.9 Å². The predicted molar refractivity (Wildman–Crippen MR) is 129 cm³/mol. The molecule has 0 aliphatic heterocycles. The van der Waals surface area contributed by atoms with E-state index in [0.717, 1.165) is 17.3 Å². The Morgan fingerprint density at radius 2 is 1.87 bits per heavy atom. The van der Waals surface area contributed by atoms with Crippen LogP contribution in [0.1, 0.15) is 32.3 Å². The molecule has 0 saturated heterocycles. The third-order valence-corrected chi connectivity index (χ3v) is 5.97. The second kappa shape index (κ2) is 12.5. The van der Waals surface area contributed by atoms with Crippen molar-refractivity contribution >= 4 is 62.5 Å². The number of carbonyl (C=O) groups is 2. The number of hydrogen-bond donors (Lipinski definition) is 1. The molecule has 5 nitrogen and oxygen atoms in total. The van der Waals surface area contributed by atoms with Crippen LogP contribution in [-0.2, 0) is 16.1 Å². The fourth-order valence-corrected chi connectivity index (χ4v) is 3.96. The molecule has 9 heteroatoms. The monoisotopic (exact) mass is 548 g/mol. The van der Waals surface area contributed by atoms with Gasteiger partial charge in [-0.1, -0.05) is 70.1 Å². The van der Waals surface area contributed by atoms with Crippen LogP contribution in [0.2, 0.25) is 15.1 Å². The Kier molecular flexibility index (Phi) is 10.4. The maximum absolute atomic E-state index is 13.1. The summed E-state index contributed by atoms with van der Waals surface area (Å²) < 4.78 is 6.42. The lowest BCUT2D eigenvalue weighted by Gasteiger charge is -2.29. The van der Waals surface area contributed by atoms with E-state index in [4.69, 9.17) is 39.5 Å². The van der Waals surface area contributed by atoms with Crippen molar-refractivity contribution in [2.24, 2.45) is 0 Å². The van der Waals surface area contributed by atoms with E-state index in [2.05, 4.69) is 21.2 Å². The molecule has 0 fully saturated rings. The van der Waals surface area contributed by atoms with Crippen molar-refractivity contribution in [2.45, 2.75) is 39.3 Å². The summed E-state index contributed by atoms with van der Waals surface area (Å²) in [5.74, 6) is -0.237. The quantitative estimate of drug-likeness (QED) is 0.363. The second-order valence-corrected chi connectivity index (χ2v) is 9.11. The molecule has 1 N–H and O–H groups in total. The van der Waals surface area contributed by atoms with Gasteiger partial charge in [-0.15, -0.1) is 0 Å². The first-order valence-corrected chi connectivity index (χ1v) is 11.7. The molecule has 0 radical (unpaired) electrons. The molecule has 0 spiro atoms. The number of halogens is 4. The number of amides is 2. The fourth-order valence-electron chi connectivity index (χ4n) is 2.77. The van der Waals surface area contributed by atoms with Crippen molar-refractivity contribution in [3.63, 3.8) is 0 Å². The van der Waals surface area contributed by atoms with Crippen LogP contribution in [-0.4, -0.2) is 35.9 Å². The minimum Gasteiger partial charge on any atom is -0.482 e. The van der Waals surface area contributed by atoms with E-state index in [-0.39, 0.29) is 25.0 Å². The second-order valence-electron chi connectivity index (χ2n) is 6.94. The standard InChI is InChI=1S/C22H24BrCl3N2O3/c1-3-4-9-27-22(30)14(2)28(12-15-5-7-17(24)11-18(15)25)21(29)13-31-20-8-6-16(23)10-19(20)26/h5-8,10-11,14H,3-4,9,12-13H2,1-2H3,(H,27,30)/t14-/m1/s1. The summed E-state index contributed by atoms with van der Waals surface area (Å²) in [5, 5.41) is 4.15. The molecule has 168 valence electrons. The van der Waals surface area contributed by atoms with Crippen molar-refractivity contribution in [1.29, 1.82) is 0 Å². The van der Waals surface area contributed by atoms with Gasteiger partial charge in [0.25, 0.3) is 5.91 Å². The van der Waals surface area contributed by atoms with E-state index < -0.39 is 6.04 Å². The third kappa shape index (κ3) is 7.86. The van der Waals surface area contributed by atoms with Gasteiger partial charge in [-0.3, -0.25) is 9.59 Å². The molecule has 2 amide bonds. The molecule has 0 unspecified atom stereocenters. The Labute approximate surface area is 206 Å². The molecule has 2 aromatic rings. The van der Waals surface area contributed by atoms with Crippen molar-refractivity contribution in [3.8, 4) is 5.75 Å². The Morgan fingerprint density at radius 3 is 2.52 bits per heavy atom. The van der Waals surface area contributed by atoms with Gasteiger partial charge in [0.05, 0.1) is 5.02 Å². The predicted octanol–water partition coefficient (Wildman–Crippen LogP) is 6.12. The Morgan fingerprint density at radius 1 is 1.13 bits per heavy atom. The number of nitrogens with one attached hydrogen (secondary N) is 1. The third-order valence-electron chi connectivity index (χ3n) is 4.60. The maximum Gasteiger partial charge on any atom is 0.261 e. The Hall–Kier alpha value is -1.47. The molecule has 0 aromatic heterocycles. The highest BCUT2D eigenvalue weighted by atomic mass is 79.9. The largest absolute Gasteiger partial charge is 0.482 e. The number of hydrogen-bond acceptors (Lipinski definition) is 3. The van der Waals surface area contributed by atoms with E-state index >= 15 is 0 Å². The number of rotatable bonds is 10. The molecule has 31 heavy (non-hydrogen) atoms. The molecule has 0 aliphatic carbocycles. The van der Waals surface area contributed by atoms with Gasteiger partial charge in [0.1, 0.15) is 11.8 Å². The van der Waals surface area contributed by atoms with Crippen molar-refractivity contribution in [2.75, 3.05) is 13.2 Å². The van der Waals surface area contributed by atoms with Crippen LogP contribution < -0.4 is 10.1 Å². The van der Waals surface area contributed by atoms with Gasteiger partial charge < -0.3 is 15.0 Å². The summed E-state index contributed by atoms with van der Waals surface area (Å²) in [6, 6.07) is 9.41. The zero-order valence-corrected chi connectivity index (χ0v) is 21.1. The van der Waals surface area contributed by atoms with E-state index in [0.29, 0.717) is 32.9 Å². The van der Waals surface area contributed by atoms with Crippen molar-refractivity contribution in [3.05, 3.63) is 61.5 Å². The van der Waals surface area contributed by atoms with E-state index in [1.807, 2.05) is 6.92 Å².